The molecule has 6 nitrogen and oxygen atoms in total. The third kappa shape index (κ3) is 3.39. The molecule has 1 saturated carbocycles. The van der Waals surface area contributed by atoms with Crippen molar-refractivity contribution in [3.05, 3.63) is 11.6 Å². The summed E-state index contributed by atoms with van der Waals surface area (Å²) < 4.78 is 0. The molecule has 7 heteroatoms. The van der Waals surface area contributed by atoms with E-state index in [9.17, 15) is 10.1 Å². The van der Waals surface area contributed by atoms with E-state index >= 15 is 0 Å². The Morgan fingerprint density at radius 1 is 1.36 bits per heavy atom. The summed E-state index contributed by atoms with van der Waals surface area (Å²) in [5.41, 5.74) is -0.611. The number of anilines is 1. The molecular formula is C15H21N5OS. The van der Waals surface area contributed by atoms with Gasteiger partial charge < -0.3 is 10.2 Å². The van der Waals surface area contributed by atoms with Crippen molar-refractivity contribution in [2.75, 3.05) is 37.6 Å². The molecule has 0 spiro atoms. The first-order valence-corrected chi connectivity index (χ1v) is 8.68. The van der Waals surface area contributed by atoms with Gasteiger partial charge in [0.05, 0.1) is 12.6 Å². The Balaban J connectivity index is 1.46. The maximum atomic E-state index is 12.2. The summed E-state index contributed by atoms with van der Waals surface area (Å²) in [6.45, 7) is 3.88. The number of piperazine rings is 1. The molecule has 1 aliphatic heterocycles. The third-order valence-electron chi connectivity index (χ3n) is 4.48. The summed E-state index contributed by atoms with van der Waals surface area (Å²) in [6, 6.07) is 2.31. The predicted octanol–water partition coefficient (Wildman–Crippen LogP) is 1.22. The topological polar surface area (TPSA) is 72.3 Å². The number of thiazole rings is 1. The van der Waals surface area contributed by atoms with Gasteiger partial charge in [-0.05, 0) is 25.7 Å². The van der Waals surface area contributed by atoms with Crippen molar-refractivity contribution in [2.45, 2.75) is 31.2 Å². The molecule has 0 bridgehead atoms. The molecule has 2 heterocycles. The Hall–Kier alpha value is -1.65. The number of nitriles is 1. The van der Waals surface area contributed by atoms with E-state index in [1.807, 2.05) is 11.6 Å². The van der Waals surface area contributed by atoms with Crippen LogP contribution < -0.4 is 10.2 Å². The molecule has 3 rings (SSSR count). The highest BCUT2D eigenvalue weighted by Gasteiger charge is 2.35. The van der Waals surface area contributed by atoms with Crippen molar-refractivity contribution < 1.29 is 4.79 Å². The highest BCUT2D eigenvalue weighted by Crippen LogP contribution is 2.28. The number of amides is 1. The van der Waals surface area contributed by atoms with Crippen molar-refractivity contribution in [3.63, 3.8) is 0 Å². The minimum atomic E-state index is -0.611. The predicted molar refractivity (Wildman–Crippen MR) is 85.7 cm³/mol. The summed E-state index contributed by atoms with van der Waals surface area (Å²) >= 11 is 1.65. The minimum Gasteiger partial charge on any atom is -0.346 e. The fraction of sp³-hybridized carbons (Fsp3) is 0.667. The van der Waals surface area contributed by atoms with Gasteiger partial charge in [-0.25, -0.2) is 4.98 Å². The van der Waals surface area contributed by atoms with Gasteiger partial charge in [-0.15, -0.1) is 11.3 Å². The largest absolute Gasteiger partial charge is 0.346 e. The Morgan fingerprint density at radius 3 is 2.68 bits per heavy atom. The molecule has 0 radical (unpaired) electrons. The van der Waals surface area contributed by atoms with E-state index in [2.05, 4.69) is 26.2 Å². The molecule has 0 atom stereocenters. The molecule has 0 unspecified atom stereocenters. The standard InChI is InChI=1S/C15H21N5OS/c16-12-15(3-1-2-4-15)18-13(21)11-19-6-8-20(9-7-19)14-17-5-10-22-14/h5,10H,1-4,6-9,11H2,(H,18,21). The van der Waals surface area contributed by atoms with E-state index in [0.29, 0.717) is 6.54 Å². The first-order valence-electron chi connectivity index (χ1n) is 7.80. The number of hydrogen-bond donors (Lipinski definition) is 1. The fourth-order valence-corrected chi connectivity index (χ4v) is 3.92. The summed E-state index contributed by atoms with van der Waals surface area (Å²) in [6.07, 6.45) is 5.45. The van der Waals surface area contributed by atoms with Crippen molar-refractivity contribution in [3.8, 4) is 6.07 Å². The van der Waals surface area contributed by atoms with Crippen LogP contribution in [0, 0.1) is 11.3 Å². The van der Waals surface area contributed by atoms with Crippen LogP contribution in [0.4, 0.5) is 5.13 Å². The second kappa shape index (κ2) is 6.63. The van der Waals surface area contributed by atoms with E-state index < -0.39 is 5.54 Å². The van der Waals surface area contributed by atoms with Crippen LogP contribution >= 0.6 is 11.3 Å². The molecule has 0 aromatic carbocycles. The van der Waals surface area contributed by atoms with E-state index in [1.165, 1.54) is 0 Å². The number of aromatic nitrogens is 1. The Morgan fingerprint density at radius 2 is 2.09 bits per heavy atom. The average Bonchev–Trinajstić information content (AvgIpc) is 3.20. The second-order valence-corrected chi connectivity index (χ2v) is 6.90. The van der Waals surface area contributed by atoms with Gasteiger partial charge in [-0.1, -0.05) is 0 Å². The number of rotatable bonds is 4. The van der Waals surface area contributed by atoms with Gasteiger partial charge in [-0.3, -0.25) is 9.69 Å². The van der Waals surface area contributed by atoms with Crippen molar-refractivity contribution in [1.29, 1.82) is 5.26 Å². The fourth-order valence-electron chi connectivity index (χ4n) is 3.22. The number of hydrogen-bond acceptors (Lipinski definition) is 6. The Kier molecular flexibility index (Phi) is 4.60. The molecule has 1 aromatic heterocycles. The van der Waals surface area contributed by atoms with E-state index in [-0.39, 0.29) is 5.91 Å². The lowest BCUT2D eigenvalue weighted by Crippen LogP contribution is -2.53. The molecule has 1 aliphatic carbocycles. The number of nitrogens with zero attached hydrogens (tertiary/aromatic N) is 4. The first kappa shape index (κ1) is 15.3. The zero-order valence-corrected chi connectivity index (χ0v) is 13.4. The minimum absolute atomic E-state index is 0.0221. The second-order valence-electron chi connectivity index (χ2n) is 6.03. The third-order valence-corrected chi connectivity index (χ3v) is 5.31. The maximum Gasteiger partial charge on any atom is 0.235 e. The molecule has 1 saturated heterocycles. The summed E-state index contributed by atoms with van der Waals surface area (Å²) in [4.78, 5) is 20.9. The van der Waals surface area contributed by atoms with Gasteiger partial charge in [0.1, 0.15) is 5.54 Å². The van der Waals surface area contributed by atoms with Crippen LogP contribution in [0.15, 0.2) is 11.6 Å². The smallest absolute Gasteiger partial charge is 0.235 e. The maximum absolute atomic E-state index is 12.2. The van der Waals surface area contributed by atoms with Gasteiger partial charge >= 0.3 is 0 Å². The highest BCUT2D eigenvalue weighted by atomic mass is 32.1. The zero-order valence-electron chi connectivity index (χ0n) is 12.6. The molecule has 2 fully saturated rings. The zero-order chi connectivity index (χ0) is 15.4. The van der Waals surface area contributed by atoms with Crippen molar-refractivity contribution >= 4 is 22.4 Å². The van der Waals surface area contributed by atoms with Crippen LogP contribution in [0.2, 0.25) is 0 Å². The van der Waals surface area contributed by atoms with Gasteiger partial charge in [0.15, 0.2) is 5.13 Å². The Bertz CT molecular complexity index is 539. The molecule has 1 aromatic rings. The van der Waals surface area contributed by atoms with E-state index in [4.69, 9.17) is 0 Å². The van der Waals surface area contributed by atoms with Crippen LogP contribution in [0.1, 0.15) is 25.7 Å². The van der Waals surface area contributed by atoms with Crippen molar-refractivity contribution in [2.24, 2.45) is 0 Å². The molecular weight excluding hydrogens is 298 g/mol. The summed E-state index contributed by atoms with van der Waals surface area (Å²) in [5, 5.41) is 15.3. The quantitative estimate of drug-likeness (QED) is 0.903. The van der Waals surface area contributed by atoms with Gasteiger partial charge in [0.25, 0.3) is 0 Å². The van der Waals surface area contributed by atoms with Crippen LogP contribution in [0.3, 0.4) is 0 Å². The van der Waals surface area contributed by atoms with Crippen molar-refractivity contribution in [1.82, 2.24) is 15.2 Å². The lowest BCUT2D eigenvalue weighted by Gasteiger charge is -2.34. The lowest BCUT2D eigenvalue weighted by atomic mass is 10.00. The normalized spacial score (nSPS) is 21.5. The number of nitrogens with one attached hydrogen (secondary N) is 1. The van der Waals surface area contributed by atoms with Crippen LogP contribution in [0.25, 0.3) is 0 Å². The molecule has 22 heavy (non-hydrogen) atoms. The summed E-state index contributed by atoms with van der Waals surface area (Å²) in [7, 11) is 0. The van der Waals surface area contributed by atoms with Gasteiger partial charge in [0.2, 0.25) is 5.91 Å². The first-order chi connectivity index (χ1) is 10.7. The van der Waals surface area contributed by atoms with Crippen LogP contribution in [-0.2, 0) is 4.79 Å². The Labute approximate surface area is 134 Å². The van der Waals surface area contributed by atoms with Gasteiger partial charge in [0, 0.05) is 37.8 Å². The van der Waals surface area contributed by atoms with E-state index in [0.717, 1.165) is 57.0 Å². The number of carbonyl (C=O) groups is 1. The van der Waals surface area contributed by atoms with E-state index in [1.54, 1.807) is 11.3 Å². The van der Waals surface area contributed by atoms with Crippen LogP contribution in [0.5, 0.6) is 0 Å². The average molecular weight is 319 g/mol. The van der Waals surface area contributed by atoms with Gasteiger partial charge in [-0.2, -0.15) is 5.26 Å². The molecule has 1 amide bonds. The molecule has 2 aliphatic rings. The monoisotopic (exact) mass is 319 g/mol. The molecule has 1 N–H and O–H groups in total. The number of carbonyl (C=O) groups excluding carboxylic acids is 1. The summed E-state index contributed by atoms with van der Waals surface area (Å²) in [5.74, 6) is -0.0221. The highest BCUT2D eigenvalue weighted by molar-refractivity contribution is 7.13. The van der Waals surface area contributed by atoms with Crippen LogP contribution in [-0.4, -0.2) is 54.1 Å². The lowest BCUT2D eigenvalue weighted by molar-refractivity contribution is -0.123. The molecule has 118 valence electrons. The SMILES string of the molecule is N#CC1(NC(=O)CN2CCN(c3nccs3)CC2)CCCC1.